The standard InChI is InChI=1S/C15H17F3N2O/c16-15(17,18)13-4-5-14(12(8-13)9-19)20-6-1-7-21-10-11-2-3-11/h4-5,8,11,20H,1-3,6-7,10H2. The van der Waals surface area contributed by atoms with Crippen molar-refractivity contribution in [1.29, 1.82) is 5.26 Å². The molecule has 1 fully saturated rings. The summed E-state index contributed by atoms with van der Waals surface area (Å²) in [5, 5.41) is 11.9. The van der Waals surface area contributed by atoms with E-state index in [0.29, 0.717) is 18.8 Å². The van der Waals surface area contributed by atoms with Crippen LogP contribution in [0.5, 0.6) is 0 Å². The Morgan fingerprint density at radius 3 is 2.71 bits per heavy atom. The molecule has 1 aliphatic carbocycles. The van der Waals surface area contributed by atoms with Crippen LogP contribution in [0.3, 0.4) is 0 Å². The Labute approximate surface area is 121 Å². The Morgan fingerprint density at radius 1 is 1.33 bits per heavy atom. The van der Waals surface area contributed by atoms with Crippen LogP contribution in [-0.2, 0) is 10.9 Å². The normalized spacial score (nSPS) is 14.8. The summed E-state index contributed by atoms with van der Waals surface area (Å²) >= 11 is 0. The van der Waals surface area contributed by atoms with E-state index in [-0.39, 0.29) is 5.56 Å². The number of nitrogens with one attached hydrogen (secondary N) is 1. The summed E-state index contributed by atoms with van der Waals surface area (Å²) in [6, 6.07) is 4.93. The van der Waals surface area contributed by atoms with Crippen LogP contribution in [0.15, 0.2) is 18.2 Å². The van der Waals surface area contributed by atoms with Crippen molar-refractivity contribution < 1.29 is 17.9 Å². The fourth-order valence-corrected chi connectivity index (χ4v) is 1.90. The van der Waals surface area contributed by atoms with Gasteiger partial charge in [-0.15, -0.1) is 0 Å². The zero-order chi connectivity index (χ0) is 15.3. The first-order chi connectivity index (χ1) is 10.0. The van der Waals surface area contributed by atoms with Crippen LogP contribution >= 0.6 is 0 Å². The molecule has 1 N–H and O–H groups in total. The summed E-state index contributed by atoms with van der Waals surface area (Å²) in [6.07, 6.45) is -1.19. The van der Waals surface area contributed by atoms with Crippen LogP contribution < -0.4 is 5.32 Å². The van der Waals surface area contributed by atoms with Gasteiger partial charge in [-0.05, 0) is 43.4 Å². The van der Waals surface area contributed by atoms with E-state index in [1.165, 1.54) is 18.9 Å². The quantitative estimate of drug-likeness (QED) is 0.779. The third-order valence-corrected chi connectivity index (χ3v) is 3.30. The van der Waals surface area contributed by atoms with Crippen LogP contribution in [0.25, 0.3) is 0 Å². The molecule has 0 heterocycles. The highest BCUT2D eigenvalue weighted by atomic mass is 19.4. The van der Waals surface area contributed by atoms with E-state index in [1.807, 2.05) is 0 Å². The van der Waals surface area contributed by atoms with Gasteiger partial charge in [0.05, 0.1) is 16.8 Å². The molecule has 0 saturated heterocycles. The van der Waals surface area contributed by atoms with E-state index in [2.05, 4.69) is 5.32 Å². The SMILES string of the molecule is N#Cc1cc(C(F)(F)F)ccc1NCCCOCC1CC1. The Morgan fingerprint density at radius 2 is 2.10 bits per heavy atom. The minimum atomic E-state index is -4.43. The number of hydrogen-bond donors (Lipinski definition) is 1. The molecule has 2 rings (SSSR count). The Kier molecular flexibility index (Phi) is 5.07. The number of anilines is 1. The van der Waals surface area contributed by atoms with E-state index in [1.54, 1.807) is 6.07 Å². The van der Waals surface area contributed by atoms with Gasteiger partial charge in [-0.25, -0.2) is 0 Å². The maximum atomic E-state index is 12.6. The fourth-order valence-electron chi connectivity index (χ4n) is 1.90. The number of hydrogen-bond acceptors (Lipinski definition) is 3. The lowest BCUT2D eigenvalue weighted by Gasteiger charge is -2.11. The van der Waals surface area contributed by atoms with Crippen LogP contribution in [0, 0.1) is 17.2 Å². The monoisotopic (exact) mass is 298 g/mol. The molecule has 114 valence electrons. The number of nitrogens with zero attached hydrogens (tertiary/aromatic N) is 1. The number of benzene rings is 1. The molecule has 0 aromatic heterocycles. The lowest BCUT2D eigenvalue weighted by molar-refractivity contribution is -0.137. The molecule has 0 spiro atoms. The predicted octanol–water partition coefficient (Wildman–Crippen LogP) is 3.81. The van der Waals surface area contributed by atoms with Crippen molar-refractivity contribution in [3.63, 3.8) is 0 Å². The molecule has 3 nitrogen and oxygen atoms in total. The summed E-state index contributed by atoms with van der Waals surface area (Å²) in [5.74, 6) is 0.720. The van der Waals surface area contributed by atoms with E-state index in [9.17, 15) is 13.2 Å². The molecule has 0 unspecified atom stereocenters. The number of nitriles is 1. The first-order valence-electron chi connectivity index (χ1n) is 6.93. The molecular formula is C15H17F3N2O. The van der Waals surface area contributed by atoms with E-state index in [0.717, 1.165) is 31.1 Å². The van der Waals surface area contributed by atoms with Gasteiger partial charge in [0.15, 0.2) is 0 Å². The number of ether oxygens (including phenoxy) is 1. The molecule has 0 atom stereocenters. The van der Waals surface area contributed by atoms with Crippen molar-refractivity contribution in [2.24, 2.45) is 5.92 Å². The molecule has 1 saturated carbocycles. The third kappa shape index (κ3) is 4.94. The molecule has 6 heteroatoms. The molecule has 21 heavy (non-hydrogen) atoms. The van der Waals surface area contributed by atoms with Crippen LogP contribution in [0.4, 0.5) is 18.9 Å². The van der Waals surface area contributed by atoms with Crippen LogP contribution in [0.2, 0.25) is 0 Å². The zero-order valence-corrected chi connectivity index (χ0v) is 11.5. The molecule has 0 aliphatic heterocycles. The molecule has 0 bridgehead atoms. The average molecular weight is 298 g/mol. The van der Waals surface area contributed by atoms with E-state index < -0.39 is 11.7 Å². The largest absolute Gasteiger partial charge is 0.416 e. The number of alkyl halides is 3. The molecule has 1 aliphatic rings. The van der Waals surface area contributed by atoms with E-state index >= 15 is 0 Å². The molecule has 0 radical (unpaired) electrons. The number of rotatable bonds is 7. The van der Waals surface area contributed by atoms with Crippen molar-refractivity contribution in [3.8, 4) is 6.07 Å². The van der Waals surface area contributed by atoms with E-state index in [4.69, 9.17) is 10.00 Å². The Bertz CT molecular complexity index is 519. The summed E-state index contributed by atoms with van der Waals surface area (Å²) in [4.78, 5) is 0. The topological polar surface area (TPSA) is 45.0 Å². The molecule has 0 amide bonds. The smallest absolute Gasteiger partial charge is 0.384 e. The highest BCUT2D eigenvalue weighted by Gasteiger charge is 2.31. The fraction of sp³-hybridized carbons (Fsp3) is 0.533. The summed E-state index contributed by atoms with van der Waals surface area (Å²) in [6.45, 7) is 1.97. The highest BCUT2D eigenvalue weighted by Crippen LogP contribution is 2.31. The number of halogens is 3. The van der Waals surface area contributed by atoms with Gasteiger partial charge >= 0.3 is 6.18 Å². The van der Waals surface area contributed by atoms with Crippen molar-refractivity contribution in [3.05, 3.63) is 29.3 Å². The van der Waals surface area contributed by atoms with Gasteiger partial charge in [-0.3, -0.25) is 0 Å². The van der Waals surface area contributed by atoms with Gasteiger partial charge in [-0.2, -0.15) is 18.4 Å². The average Bonchev–Trinajstić information content (AvgIpc) is 3.25. The van der Waals surface area contributed by atoms with Gasteiger partial charge in [0.25, 0.3) is 0 Å². The van der Waals surface area contributed by atoms with Gasteiger partial charge < -0.3 is 10.1 Å². The van der Waals surface area contributed by atoms with Crippen molar-refractivity contribution in [1.82, 2.24) is 0 Å². The summed E-state index contributed by atoms with van der Waals surface area (Å²) in [7, 11) is 0. The summed E-state index contributed by atoms with van der Waals surface area (Å²) in [5.41, 5.74) is -0.381. The van der Waals surface area contributed by atoms with Crippen molar-refractivity contribution in [2.75, 3.05) is 25.1 Å². The lowest BCUT2D eigenvalue weighted by Crippen LogP contribution is -2.09. The van der Waals surface area contributed by atoms with Gasteiger partial charge in [0, 0.05) is 19.8 Å². The van der Waals surface area contributed by atoms with Crippen LogP contribution in [0.1, 0.15) is 30.4 Å². The molecule has 1 aromatic carbocycles. The first-order valence-corrected chi connectivity index (χ1v) is 6.93. The molecular weight excluding hydrogens is 281 g/mol. The maximum Gasteiger partial charge on any atom is 0.416 e. The molecule has 1 aromatic rings. The second-order valence-corrected chi connectivity index (χ2v) is 5.17. The minimum absolute atomic E-state index is 0.00345. The van der Waals surface area contributed by atoms with Crippen LogP contribution in [-0.4, -0.2) is 19.8 Å². The lowest BCUT2D eigenvalue weighted by atomic mass is 10.1. The van der Waals surface area contributed by atoms with Gasteiger partial charge in [0.1, 0.15) is 6.07 Å². The Balaban J connectivity index is 1.80. The second-order valence-electron chi connectivity index (χ2n) is 5.17. The maximum absolute atomic E-state index is 12.6. The minimum Gasteiger partial charge on any atom is -0.384 e. The van der Waals surface area contributed by atoms with Gasteiger partial charge in [-0.1, -0.05) is 0 Å². The summed E-state index contributed by atoms with van der Waals surface area (Å²) < 4.78 is 43.1. The zero-order valence-electron chi connectivity index (χ0n) is 11.5. The van der Waals surface area contributed by atoms with Gasteiger partial charge in [0.2, 0.25) is 0 Å². The van der Waals surface area contributed by atoms with Crippen molar-refractivity contribution >= 4 is 5.69 Å². The Hall–Kier alpha value is -1.74. The van der Waals surface area contributed by atoms with Crippen molar-refractivity contribution in [2.45, 2.75) is 25.4 Å². The third-order valence-electron chi connectivity index (χ3n) is 3.30. The first kappa shape index (κ1) is 15.6. The predicted molar refractivity (Wildman–Crippen MR) is 72.8 cm³/mol. The highest BCUT2D eigenvalue weighted by molar-refractivity contribution is 5.58. The second kappa shape index (κ2) is 6.81.